The summed E-state index contributed by atoms with van der Waals surface area (Å²) >= 11 is 6.12. The summed E-state index contributed by atoms with van der Waals surface area (Å²) in [7, 11) is 0. The van der Waals surface area contributed by atoms with Crippen LogP contribution in [0.2, 0.25) is 5.02 Å². The zero-order chi connectivity index (χ0) is 24.2. The first-order valence-electron chi connectivity index (χ1n) is 10.5. The molecular weight excluding hydrogens is 458 g/mol. The quantitative estimate of drug-likeness (QED) is 0.262. The number of carbonyl (C=O) groups is 2. The van der Waals surface area contributed by atoms with Crippen molar-refractivity contribution in [3.8, 4) is 0 Å². The van der Waals surface area contributed by atoms with E-state index in [0.29, 0.717) is 40.0 Å². The summed E-state index contributed by atoms with van der Waals surface area (Å²) in [5.74, 6) is -1.58. The summed E-state index contributed by atoms with van der Waals surface area (Å²) in [5, 5.41) is 13.0. The average Bonchev–Trinajstić information content (AvgIpc) is 3.22. The van der Waals surface area contributed by atoms with E-state index in [0.717, 1.165) is 11.1 Å². The molecule has 0 aliphatic rings. The lowest BCUT2D eigenvalue weighted by Gasteiger charge is -2.15. The number of aryl methyl sites for hydroxylation is 2. The second-order valence-electron chi connectivity index (χ2n) is 7.85. The van der Waals surface area contributed by atoms with Crippen molar-refractivity contribution in [2.45, 2.75) is 25.3 Å². The van der Waals surface area contributed by atoms with E-state index >= 15 is 0 Å². The molecule has 0 aliphatic heterocycles. The van der Waals surface area contributed by atoms with Gasteiger partial charge in [0.2, 0.25) is 5.95 Å². The number of nitrogens with zero attached hydrogens (tertiary/aromatic N) is 1. The van der Waals surface area contributed by atoms with Crippen molar-refractivity contribution in [1.82, 2.24) is 20.3 Å². The summed E-state index contributed by atoms with van der Waals surface area (Å²) < 4.78 is 0. The largest absolute Gasteiger partial charge is 0.480 e. The number of anilines is 1. The van der Waals surface area contributed by atoms with E-state index in [2.05, 4.69) is 20.3 Å². The van der Waals surface area contributed by atoms with Gasteiger partial charge in [0, 0.05) is 23.2 Å². The van der Waals surface area contributed by atoms with E-state index in [1.54, 1.807) is 54.7 Å². The number of H-pyrrole nitrogens is 2. The Morgan fingerprint density at radius 1 is 1.09 bits per heavy atom. The number of carboxylic acids is 1. The number of fused-ring (bicyclic) bond motifs is 1. The van der Waals surface area contributed by atoms with Crippen LogP contribution in [0.5, 0.6) is 0 Å². The molecule has 0 unspecified atom stereocenters. The maximum Gasteiger partial charge on any atom is 0.326 e. The minimum atomic E-state index is -1.14. The number of rotatable bonds is 8. The molecule has 0 bridgehead atoms. The maximum atomic E-state index is 12.6. The standard InChI is InChI=1S/C24H22ClN5O4/c25-17-4-2-1-3-15(17)11-18(23(33)34)28-21(31)14-8-5-13(6-9-14)7-10-16-12-27-20-19(16)22(32)30-24(26)29-20/h1-6,8-9,12,18H,7,10-11H2,(H,28,31)(H,33,34)(H4,26,27,29,30,32)/t18-/m0/s1. The summed E-state index contributed by atoms with van der Waals surface area (Å²) in [5.41, 5.74) is 8.47. The van der Waals surface area contributed by atoms with Gasteiger partial charge in [0.25, 0.3) is 11.5 Å². The predicted molar refractivity (Wildman–Crippen MR) is 129 cm³/mol. The van der Waals surface area contributed by atoms with Gasteiger partial charge in [-0.05, 0) is 47.7 Å². The Morgan fingerprint density at radius 2 is 1.82 bits per heavy atom. The smallest absolute Gasteiger partial charge is 0.326 e. The van der Waals surface area contributed by atoms with Gasteiger partial charge in [-0.15, -0.1) is 0 Å². The molecule has 2 aromatic carbocycles. The third-order valence-corrected chi connectivity index (χ3v) is 5.90. The molecule has 6 N–H and O–H groups in total. The first-order chi connectivity index (χ1) is 16.3. The summed E-state index contributed by atoms with van der Waals surface area (Å²) in [6.45, 7) is 0. The highest BCUT2D eigenvalue weighted by atomic mass is 35.5. The van der Waals surface area contributed by atoms with Gasteiger partial charge in [-0.25, -0.2) is 4.79 Å². The van der Waals surface area contributed by atoms with E-state index in [1.807, 2.05) is 0 Å². The molecule has 0 fully saturated rings. The molecule has 0 saturated heterocycles. The number of aliphatic carboxylic acids is 1. The van der Waals surface area contributed by atoms with Gasteiger partial charge in [0.1, 0.15) is 11.7 Å². The Labute approximate surface area is 199 Å². The van der Waals surface area contributed by atoms with Crippen LogP contribution in [0.3, 0.4) is 0 Å². The number of hydrogen-bond acceptors (Lipinski definition) is 5. The monoisotopic (exact) mass is 479 g/mol. The van der Waals surface area contributed by atoms with Crippen molar-refractivity contribution in [3.05, 3.63) is 92.4 Å². The van der Waals surface area contributed by atoms with E-state index < -0.39 is 17.9 Å². The number of nitrogens with two attached hydrogens (primary N) is 1. The van der Waals surface area contributed by atoms with Gasteiger partial charge in [-0.1, -0.05) is 41.9 Å². The molecule has 1 atom stereocenters. The van der Waals surface area contributed by atoms with Crippen LogP contribution in [0.15, 0.2) is 59.5 Å². The molecule has 9 nitrogen and oxygen atoms in total. The first kappa shape index (κ1) is 23.1. The molecule has 4 rings (SSSR count). The minimum absolute atomic E-state index is 0.0526. The Morgan fingerprint density at radius 3 is 2.53 bits per heavy atom. The Bertz CT molecular complexity index is 1410. The highest BCUT2D eigenvalue weighted by Crippen LogP contribution is 2.18. The van der Waals surface area contributed by atoms with Crippen LogP contribution >= 0.6 is 11.6 Å². The van der Waals surface area contributed by atoms with Crippen LogP contribution in [-0.2, 0) is 24.1 Å². The van der Waals surface area contributed by atoms with Gasteiger partial charge in [0.05, 0.1) is 5.39 Å². The molecule has 34 heavy (non-hydrogen) atoms. The van der Waals surface area contributed by atoms with Gasteiger partial charge >= 0.3 is 5.97 Å². The molecule has 0 spiro atoms. The Kier molecular flexibility index (Phi) is 6.65. The minimum Gasteiger partial charge on any atom is -0.480 e. The highest BCUT2D eigenvalue weighted by Gasteiger charge is 2.22. The summed E-state index contributed by atoms with van der Waals surface area (Å²) in [4.78, 5) is 46.0. The van der Waals surface area contributed by atoms with Crippen molar-refractivity contribution >= 4 is 40.5 Å². The van der Waals surface area contributed by atoms with E-state index in [4.69, 9.17) is 17.3 Å². The lowest BCUT2D eigenvalue weighted by atomic mass is 10.0. The highest BCUT2D eigenvalue weighted by molar-refractivity contribution is 6.31. The number of nitrogen functional groups attached to an aromatic ring is 1. The fourth-order valence-corrected chi connectivity index (χ4v) is 3.96. The van der Waals surface area contributed by atoms with Gasteiger partial charge in [-0.2, -0.15) is 4.98 Å². The lowest BCUT2D eigenvalue weighted by Crippen LogP contribution is -2.42. The average molecular weight is 480 g/mol. The number of aromatic amines is 2. The number of benzene rings is 2. The second kappa shape index (κ2) is 9.80. The van der Waals surface area contributed by atoms with Crippen LogP contribution in [-0.4, -0.2) is 38.0 Å². The maximum absolute atomic E-state index is 12.6. The number of amides is 1. The van der Waals surface area contributed by atoms with E-state index in [1.165, 1.54) is 0 Å². The molecular formula is C24H22ClN5O4. The second-order valence-corrected chi connectivity index (χ2v) is 8.25. The number of aromatic nitrogens is 3. The molecule has 10 heteroatoms. The van der Waals surface area contributed by atoms with E-state index in [9.17, 15) is 19.5 Å². The van der Waals surface area contributed by atoms with Crippen molar-refractivity contribution in [1.29, 1.82) is 0 Å². The number of nitrogens with one attached hydrogen (secondary N) is 3. The van der Waals surface area contributed by atoms with Crippen molar-refractivity contribution in [2.75, 3.05) is 5.73 Å². The summed E-state index contributed by atoms with van der Waals surface area (Å²) in [6.07, 6.45) is 3.02. The van der Waals surface area contributed by atoms with Gasteiger partial charge in [0.15, 0.2) is 0 Å². The zero-order valence-corrected chi connectivity index (χ0v) is 18.7. The van der Waals surface area contributed by atoms with Crippen molar-refractivity contribution in [2.24, 2.45) is 0 Å². The predicted octanol–water partition coefficient (Wildman–Crippen LogP) is 2.70. The Hall–Kier alpha value is -4.11. The number of carboxylic acid groups (broad SMARTS) is 1. The van der Waals surface area contributed by atoms with Crippen LogP contribution in [0.4, 0.5) is 5.95 Å². The van der Waals surface area contributed by atoms with Crippen LogP contribution in [0, 0.1) is 0 Å². The molecule has 0 radical (unpaired) electrons. The third-order valence-electron chi connectivity index (χ3n) is 5.53. The normalized spacial score (nSPS) is 11.9. The van der Waals surface area contributed by atoms with E-state index in [-0.39, 0.29) is 17.9 Å². The molecule has 2 aromatic heterocycles. The third kappa shape index (κ3) is 5.10. The van der Waals surface area contributed by atoms with Crippen LogP contribution in [0.25, 0.3) is 11.0 Å². The SMILES string of the molecule is Nc1nc2[nH]cc(CCc3ccc(C(=O)N[C@@H](Cc4ccccc4Cl)C(=O)O)cc3)c2c(=O)[nH]1. The summed E-state index contributed by atoms with van der Waals surface area (Å²) in [6, 6.07) is 12.7. The topological polar surface area (TPSA) is 154 Å². The van der Waals surface area contributed by atoms with Crippen LogP contribution in [0.1, 0.15) is 27.0 Å². The van der Waals surface area contributed by atoms with Crippen molar-refractivity contribution < 1.29 is 14.7 Å². The molecule has 0 saturated carbocycles. The van der Waals surface area contributed by atoms with Gasteiger partial charge in [-0.3, -0.25) is 14.6 Å². The Balaban J connectivity index is 1.41. The van der Waals surface area contributed by atoms with Gasteiger partial charge < -0.3 is 21.1 Å². The van der Waals surface area contributed by atoms with Crippen LogP contribution < -0.4 is 16.6 Å². The molecule has 174 valence electrons. The zero-order valence-electron chi connectivity index (χ0n) is 18.0. The fraction of sp³-hybridized carbons (Fsp3) is 0.167. The molecule has 2 heterocycles. The lowest BCUT2D eigenvalue weighted by molar-refractivity contribution is -0.139. The number of carbonyl (C=O) groups excluding carboxylic acids is 1. The molecule has 0 aliphatic carbocycles. The number of halogens is 1. The van der Waals surface area contributed by atoms with Crippen molar-refractivity contribution in [3.63, 3.8) is 0 Å². The number of hydrogen-bond donors (Lipinski definition) is 5. The molecule has 4 aromatic rings. The molecule has 1 amide bonds. The fourth-order valence-electron chi connectivity index (χ4n) is 3.75. The first-order valence-corrected chi connectivity index (χ1v) is 10.9.